The molecular weight excluding hydrogens is 164 g/mol. The van der Waals surface area contributed by atoms with Crippen molar-refractivity contribution in [2.75, 3.05) is 0 Å². The van der Waals surface area contributed by atoms with Crippen LogP contribution in [0.4, 0.5) is 8.78 Å². The molecule has 0 aliphatic carbocycles. The van der Waals surface area contributed by atoms with Crippen LogP contribution >= 0.6 is 0 Å². The average molecular weight is 173 g/mol. The monoisotopic (exact) mass is 173 g/mol. The molecule has 0 saturated heterocycles. The van der Waals surface area contributed by atoms with E-state index in [0.717, 1.165) is 0 Å². The minimum atomic E-state index is -2.82. The summed E-state index contributed by atoms with van der Waals surface area (Å²) in [7, 11) is 0. The molecular formula is C8H9F2NO. The van der Waals surface area contributed by atoms with Crippen molar-refractivity contribution in [3.63, 3.8) is 0 Å². The molecule has 2 unspecified atom stereocenters. The number of aliphatic hydroxyl groups excluding tert-OH is 1. The van der Waals surface area contributed by atoms with E-state index in [9.17, 15) is 8.78 Å². The van der Waals surface area contributed by atoms with Gasteiger partial charge in [0, 0.05) is 5.56 Å². The van der Waals surface area contributed by atoms with E-state index < -0.39 is 12.2 Å². The van der Waals surface area contributed by atoms with Crippen LogP contribution in [0.15, 0.2) is 30.3 Å². The zero-order chi connectivity index (χ0) is 9.19. The second kappa shape index (κ2) is 3.16. The Morgan fingerprint density at radius 3 is 2.25 bits per heavy atom. The molecule has 1 aromatic rings. The molecule has 1 rings (SSSR count). The lowest BCUT2D eigenvalue weighted by atomic mass is 10.1. The summed E-state index contributed by atoms with van der Waals surface area (Å²) in [5.41, 5.74) is 4.81. The van der Waals surface area contributed by atoms with Gasteiger partial charge in [-0.2, -0.15) is 0 Å². The first-order chi connectivity index (χ1) is 5.55. The number of benzene rings is 1. The Morgan fingerprint density at radius 2 is 1.83 bits per heavy atom. The molecule has 0 aliphatic rings. The summed E-state index contributed by atoms with van der Waals surface area (Å²) in [6, 6.07) is 7.29. The van der Waals surface area contributed by atoms with Crippen LogP contribution in [-0.4, -0.2) is 11.5 Å². The molecule has 0 aromatic heterocycles. The van der Waals surface area contributed by atoms with E-state index >= 15 is 0 Å². The normalized spacial score (nSPS) is 18.3. The molecule has 0 saturated carbocycles. The van der Waals surface area contributed by atoms with Gasteiger partial charge in [0.15, 0.2) is 0 Å². The van der Waals surface area contributed by atoms with Crippen LogP contribution in [0.25, 0.3) is 0 Å². The molecule has 3 N–H and O–H groups in total. The Kier molecular flexibility index (Phi) is 2.40. The minimum absolute atomic E-state index is 0.0833. The predicted octanol–water partition coefficient (Wildman–Crippen LogP) is 1.06. The Hall–Kier alpha value is -1.00. The SMILES string of the molecule is NC(F)(c1ccccc1)C(O)F. The van der Waals surface area contributed by atoms with Crippen molar-refractivity contribution in [2.24, 2.45) is 5.73 Å². The fourth-order valence-corrected chi connectivity index (χ4v) is 0.831. The van der Waals surface area contributed by atoms with Gasteiger partial charge in [0.2, 0.25) is 12.2 Å². The molecule has 12 heavy (non-hydrogen) atoms. The number of alkyl halides is 2. The quantitative estimate of drug-likeness (QED) is 0.657. The number of halogens is 2. The lowest BCUT2D eigenvalue weighted by molar-refractivity contribution is -0.0943. The number of aliphatic hydroxyl groups is 1. The molecule has 2 atom stereocenters. The first-order valence-corrected chi connectivity index (χ1v) is 3.40. The van der Waals surface area contributed by atoms with Crippen LogP contribution in [0.3, 0.4) is 0 Å². The Balaban J connectivity index is 2.98. The summed E-state index contributed by atoms with van der Waals surface area (Å²) in [6.45, 7) is 0. The third kappa shape index (κ3) is 1.60. The standard InChI is InChI=1S/C8H9F2NO/c9-7(12)8(10,11)6-4-2-1-3-5-6/h1-5,7,12H,11H2. The van der Waals surface area contributed by atoms with Gasteiger partial charge in [-0.25, -0.2) is 8.78 Å². The van der Waals surface area contributed by atoms with E-state index in [1.165, 1.54) is 24.3 Å². The molecule has 4 heteroatoms. The fourth-order valence-electron chi connectivity index (χ4n) is 0.831. The van der Waals surface area contributed by atoms with Crippen molar-refractivity contribution >= 4 is 0 Å². The van der Waals surface area contributed by atoms with Gasteiger partial charge < -0.3 is 5.11 Å². The number of hydrogen-bond donors (Lipinski definition) is 2. The van der Waals surface area contributed by atoms with E-state index in [-0.39, 0.29) is 5.56 Å². The molecule has 2 nitrogen and oxygen atoms in total. The van der Waals surface area contributed by atoms with Gasteiger partial charge in [0.25, 0.3) is 0 Å². The fraction of sp³-hybridized carbons (Fsp3) is 0.250. The topological polar surface area (TPSA) is 46.2 Å². The van der Waals surface area contributed by atoms with E-state index in [1.54, 1.807) is 6.07 Å². The highest BCUT2D eigenvalue weighted by molar-refractivity contribution is 5.21. The third-order valence-electron chi connectivity index (χ3n) is 1.56. The Labute approximate surface area is 68.6 Å². The summed E-state index contributed by atoms with van der Waals surface area (Å²) >= 11 is 0. The van der Waals surface area contributed by atoms with Crippen LogP contribution in [-0.2, 0) is 5.79 Å². The first-order valence-electron chi connectivity index (χ1n) is 3.40. The summed E-state index contributed by atoms with van der Waals surface area (Å²) < 4.78 is 25.3. The van der Waals surface area contributed by atoms with Gasteiger partial charge in [-0.15, -0.1) is 0 Å². The van der Waals surface area contributed by atoms with Crippen molar-refractivity contribution in [2.45, 2.75) is 12.2 Å². The van der Waals surface area contributed by atoms with Crippen molar-refractivity contribution in [1.29, 1.82) is 0 Å². The largest absolute Gasteiger partial charge is 0.360 e. The zero-order valence-electron chi connectivity index (χ0n) is 6.24. The maximum absolute atomic E-state index is 13.1. The molecule has 0 heterocycles. The van der Waals surface area contributed by atoms with Crippen LogP contribution in [0.1, 0.15) is 5.56 Å². The highest BCUT2D eigenvalue weighted by atomic mass is 19.2. The highest BCUT2D eigenvalue weighted by Gasteiger charge is 2.35. The zero-order valence-corrected chi connectivity index (χ0v) is 6.24. The molecule has 0 spiro atoms. The number of nitrogens with two attached hydrogens (primary N) is 1. The number of rotatable bonds is 2. The summed E-state index contributed by atoms with van der Waals surface area (Å²) in [5, 5.41) is 8.37. The lowest BCUT2D eigenvalue weighted by Gasteiger charge is -2.20. The van der Waals surface area contributed by atoms with Gasteiger partial charge in [-0.3, -0.25) is 5.73 Å². The molecule has 0 bridgehead atoms. The molecule has 0 amide bonds. The smallest absolute Gasteiger partial charge is 0.248 e. The first kappa shape index (κ1) is 9.09. The van der Waals surface area contributed by atoms with Crippen molar-refractivity contribution in [3.05, 3.63) is 35.9 Å². The van der Waals surface area contributed by atoms with E-state index in [4.69, 9.17) is 10.8 Å². The van der Waals surface area contributed by atoms with Gasteiger partial charge in [0.1, 0.15) is 0 Å². The van der Waals surface area contributed by atoms with Crippen LogP contribution in [0, 0.1) is 0 Å². The van der Waals surface area contributed by atoms with Crippen molar-refractivity contribution in [1.82, 2.24) is 0 Å². The van der Waals surface area contributed by atoms with Crippen LogP contribution < -0.4 is 5.73 Å². The maximum Gasteiger partial charge on any atom is 0.248 e. The Morgan fingerprint density at radius 1 is 1.33 bits per heavy atom. The number of hydrogen-bond acceptors (Lipinski definition) is 2. The summed E-state index contributed by atoms with van der Waals surface area (Å²) in [5.74, 6) is -2.82. The van der Waals surface area contributed by atoms with Gasteiger partial charge in [-0.05, 0) is 0 Å². The molecule has 0 fully saturated rings. The molecule has 0 radical (unpaired) electrons. The van der Waals surface area contributed by atoms with Crippen LogP contribution in [0.5, 0.6) is 0 Å². The maximum atomic E-state index is 13.1. The van der Waals surface area contributed by atoms with E-state index in [1.807, 2.05) is 0 Å². The third-order valence-corrected chi connectivity index (χ3v) is 1.56. The van der Waals surface area contributed by atoms with E-state index in [2.05, 4.69) is 0 Å². The second-order valence-electron chi connectivity index (χ2n) is 2.47. The van der Waals surface area contributed by atoms with Crippen molar-refractivity contribution < 1.29 is 13.9 Å². The second-order valence-corrected chi connectivity index (χ2v) is 2.47. The van der Waals surface area contributed by atoms with E-state index in [0.29, 0.717) is 0 Å². The molecule has 1 aromatic carbocycles. The van der Waals surface area contributed by atoms with Gasteiger partial charge in [0.05, 0.1) is 0 Å². The minimum Gasteiger partial charge on any atom is -0.360 e. The van der Waals surface area contributed by atoms with Gasteiger partial charge in [-0.1, -0.05) is 30.3 Å². The average Bonchev–Trinajstić information content (AvgIpc) is 2.06. The Bertz CT molecular complexity index is 248. The summed E-state index contributed by atoms with van der Waals surface area (Å²) in [4.78, 5) is 0. The molecule has 0 aliphatic heterocycles. The summed E-state index contributed by atoms with van der Waals surface area (Å²) in [6.07, 6.45) is -2.71. The van der Waals surface area contributed by atoms with Crippen LogP contribution in [0.2, 0.25) is 0 Å². The lowest BCUT2D eigenvalue weighted by Crippen LogP contribution is -2.41. The van der Waals surface area contributed by atoms with Crippen molar-refractivity contribution in [3.8, 4) is 0 Å². The highest BCUT2D eigenvalue weighted by Crippen LogP contribution is 2.24. The predicted molar refractivity (Wildman–Crippen MR) is 40.5 cm³/mol. The molecule has 66 valence electrons. The van der Waals surface area contributed by atoms with Gasteiger partial charge >= 0.3 is 0 Å².